The summed E-state index contributed by atoms with van der Waals surface area (Å²) in [5.41, 5.74) is 7.26. The van der Waals surface area contributed by atoms with Crippen LogP contribution in [0.2, 0.25) is 0 Å². The zero-order chi connectivity index (χ0) is 14.8. The lowest BCUT2D eigenvalue weighted by Crippen LogP contribution is -2.37. The summed E-state index contributed by atoms with van der Waals surface area (Å²) in [7, 11) is 1.31. The Morgan fingerprint density at radius 3 is 2.55 bits per heavy atom. The molecule has 20 heavy (non-hydrogen) atoms. The second kappa shape index (κ2) is 5.92. The van der Waals surface area contributed by atoms with Gasteiger partial charge in [0, 0.05) is 12.0 Å². The van der Waals surface area contributed by atoms with Crippen LogP contribution in [0, 0.1) is 12.7 Å². The van der Waals surface area contributed by atoms with Crippen molar-refractivity contribution in [3.05, 3.63) is 34.6 Å². The number of halogens is 1. The molecule has 1 aliphatic carbocycles. The van der Waals surface area contributed by atoms with Gasteiger partial charge in [-0.3, -0.25) is 0 Å². The van der Waals surface area contributed by atoms with Gasteiger partial charge in [-0.2, -0.15) is 0 Å². The van der Waals surface area contributed by atoms with Crippen LogP contribution in [-0.4, -0.2) is 19.6 Å². The van der Waals surface area contributed by atoms with E-state index in [2.05, 4.69) is 0 Å². The van der Waals surface area contributed by atoms with Gasteiger partial charge in [-0.05, 0) is 43.0 Å². The minimum Gasteiger partial charge on any atom is -0.465 e. The Hall–Kier alpha value is -1.42. The van der Waals surface area contributed by atoms with E-state index in [1.54, 1.807) is 19.1 Å². The van der Waals surface area contributed by atoms with Crippen LogP contribution in [0.15, 0.2) is 12.1 Å². The van der Waals surface area contributed by atoms with Gasteiger partial charge < -0.3 is 10.5 Å². The van der Waals surface area contributed by atoms with Crippen LogP contribution >= 0.6 is 0 Å². The molecule has 1 aromatic rings. The van der Waals surface area contributed by atoms with Crippen LogP contribution in [0.3, 0.4) is 0 Å². The lowest BCUT2D eigenvalue weighted by atomic mass is 9.69. The van der Waals surface area contributed by atoms with E-state index in [9.17, 15) is 9.18 Å². The first-order chi connectivity index (χ1) is 9.54. The van der Waals surface area contributed by atoms with E-state index in [0.29, 0.717) is 17.7 Å². The first kappa shape index (κ1) is 15.0. The number of methoxy groups -OCH3 is 1. The third-order valence-electron chi connectivity index (χ3n) is 4.56. The van der Waals surface area contributed by atoms with Crippen LogP contribution < -0.4 is 5.73 Å². The van der Waals surface area contributed by atoms with Crippen molar-refractivity contribution in [2.75, 3.05) is 13.7 Å². The number of hydrogen-bond acceptors (Lipinski definition) is 3. The number of carbonyl (C=O) groups is 1. The summed E-state index contributed by atoms with van der Waals surface area (Å²) in [6.07, 6.45) is 5.29. The van der Waals surface area contributed by atoms with Crippen molar-refractivity contribution in [2.24, 2.45) is 5.73 Å². The first-order valence-electron chi connectivity index (χ1n) is 7.13. The molecule has 0 aliphatic heterocycles. The Labute approximate surface area is 119 Å². The molecule has 1 aromatic carbocycles. The Kier molecular flexibility index (Phi) is 4.43. The highest BCUT2D eigenvalue weighted by Crippen LogP contribution is 2.39. The first-order valence-corrected chi connectivity index (χ1v) is 7.13. The summed E-state index contributed by atoms with van der Waals surface area (Å²) in [6, 6.07) is 3.31. The molecule has 0 spiro atoms. The maximum atomic E-state index is 14.1. The van der Waals surface area contributed by atoms with E-state index < -0.39 is 5.97 Å². The number of esters is 1. The highest BCUT2D eigenvalue weighted by molar-refractivity contribution is 5.91. The van der Waals surface area contributed by atoms with Crippen molar-refractivity contribution < 1.29 is 13.9 Å². The topological polar surface area (TPSA) is 52.3 Å². The van der Waals surface area contributed by atoms with Crippen molar-refractivity contribution in [3.63, 3.8) is 0 Å². The van der Waals surface area contributed by atoms with Gasteiger partial charge in [0.05, 0.1) is 12.7 Å². The Morgan fingerprint density at radius 2 is 2.00 bits per heavy atom. The zero-order valence-electron chi connectivity index (χ0n) is 12.2. The van der Waals surface area contributed by atoms with E-state index in [1.165, 1.54) is 13.5 Å². The average molecular weight is 279 g/mol. The molecule has 0 bridgehead atoms. The van der Waals surface area contributed by atoms with E-state index in [1.807, 2.05) is 0 Å². The molecule has 0 saturated heterocycles. The summed E-state index contributed by atoms with van der Waals surface area (Å²) >= 11 is 0. The van der Waals surface area contributed by atoms with Crippen molar-refractivity contribution in [1.29, 1.82) is 0 Å². The van der Waals surface area contributed by atoms with Gasteiger partial charge in [-0.15, -0.1) is 0 Å². The van der Waals surface area contributed by atoms with Gasteiger partial charge >= 0.3 is 5.97 Å². The molecule has 0 heterocycles. The van der Waals surface area contributed by atoms with Crippen molar-refractivity contribution in [3.8, 4) is 0 Å². The molecule has 2 N–H and O–H groups in total. The minimum atomic E-state index is -0.494. The van der Waals surface area contributed by atoms with Crippen LogP contribution in [0.4, 0.5) is 4.39 Å². The largest absolute Gasteiger partial charge is 0.465 e. The molecule has 0 aromatic heterocycles. The molecule has 0 amide bonds. The molecule has 1 saturated carbocycles. The number of ether oxygens (including phenoxy) is 1. The Morgan fingerprint density at radius 1 is 1.35 bits per heavy atom. The summed E-state index contributed by atoms with van der Waals surface area (Å²) in [6.45, 7) is 2.08. The number of carbonyl (C=O) groups excluding carboxylic acids is 1. The van der Waals surface area contributed by atoms with E-state index >= 15 is 0 Å². The second-order valence-corrected chi connectivity index (χ2v) is 5.67. The molecular weight excluding hydrogens is 257 g/mol. The molecule has 1 aliphatic rings. The van der Waals surface area contributed by atoms with E-state index in [4.69, 9.17) is 10.5 Å². The van der Waals surface area contributed by atoms with Gasteiger partial charge in [-0.25, -0.2) is 9.18 Å². The van der Waals surface area contributed by atoms with Crippen LogP contribution in [0.5, 0.6) is 0 Å². The lowest BCUT2D eigenvalue weighted by molar-refractivity contribution is 0.0599. The molecule has 0 unspecified atom stereocenters. The average Bonchev–Trinajstić information content (AvgIpc) is 2.49. The van der Waals surface area contributed by atoms with Crippen molar-refractivity contribution in [1.82, 2.24) is 0 Å². The third-order valence-corrected chi connectivity index (χ3v) is 4.56. The number of hydrogen-bond donors (Lipinski definition) is 1. The third kappa shape index (κ3) is 2.57. The van der Waals surface area contributed by atoms with Crippen LogP contribution in [0.25, 0.3) is 0 Å². The maximum Gasteiger partial charge on any atom is 0.338 e. The normalized spacial score (nSPS) is 17.8. The quantitative estimate of drug-likeness (QED) is 0.865. The monoisotopic (exact) mass is 279 g/mol. The van der Waals surface area contributed by atoms with Crippen LogP contribution in [-0.2, 0) is 10.2 Å². The highest BCUT2D eigenvalue weighted by atomic mass is 19.1. The Balaban J connectivity index is 2.51. The van der Waals surface area contributed by atoms with Gasteiger partial charge in [-0.1, -0.05) is 19.3 Å². The van der Waals surface area contributed by atoms with E-state index in [-0.39, 0.29) is 11.2 Å². The lowest BCUT2D eigenvalue weighted by Gasteiger charge is -2.37. The molecule has 3 nitrogen and oxygen atoms in total. The molecule has 1 fully saturated rings. The van der Waals surface area contributed by atoms with Gasteiger partial charge in [0.2, 0.25) is 0 Å². The van der Waals surface area contributed by atoms with Gasteiger partial charge in [0.25, 0.3) is 0 Å². The molecule has 0 radical (unpaired) electrons. The smallest absolute Gasteiger partial charge is 0.338 e. The van der Waals surface area contributed by atoms with Crippen molar-refractivity contribution in [2.45, 2.75) is 44.4 Å². The maximum absolute atomic E-state index is 14.1. The molecule has 4 heteroatoms. The fraction of sp³-hybridized carbons (Fsp3) is 0.562. The predicted molar refractivity (Wildman–Crippen MR) is 76.3 cm³/mol. The fourth-order valence-electron chi connectivity index (χ4n) is 3.15. The van der Waals surface area contributed by atoms with Crippen molar-refractivity contribution >= 4 is 5.97 Å². The SMILES string of the molecule is COC(=O)c1cc(C2(CN)CCCCC2)cc(F)c1C. The molecule has 2 rings (SSSR count). The standard InChI is InChI=1S/C16H22FNO2/c1-11-13(15(19)20-2)8-12(9-14(11)17)16(10-18)6-4-3-5-7-16/h8-9H,3-7,10,18H2,1-2H3. The summed E-state index contributed by atoms with van der Waals surface area (Å²) in [5.74, 6) is -0.854. The summed E-state index contributed by atoms with van der Waals surface area (Å²) in [5, 5.41) is 0. The van der Waals surface area contributed by atoms with Gasteiger partial charge in [0.15, 0.2) is 0 Å². The minimum absolute atomic E-state index is 0.199. The Bertz CT molecular complexity index is 507. The highest BCUT2D eigenvalue weighted by Gasteiger charge is 2.34. The van der Waals surface area contributed by atoms with E-state index in [0.717, 1.165) is 31.2 Å². The number of rotatable bonds is 3. The summed E-state index contributed by atoms with van der Waals surface area (Å²) in [4.78, 5) is 11.8. The fourth-order valence-corrected chi connectivity index (χ4v) is 3.15. The molecule has 110 valence electrons. The molecular formula is C16H22FNO2. The summed E-state index contributed by atoms with van der Waals surface area (Å²) < 4.78 is 18.9. The zero-order valence-corrected chi connectivity index (χ0v) is 12.2. The number of benzene rings is 1. The number of nitrogens with two attached hydrogens (primary N) is 1. The van der Waals surface area contributed by atoms with Gasteiger partial charge in [0.1, 0.15) is 5.82 Å². The second-order valence-electron chi connectivity index (χ2n) is 5.67. The predicted octanol–water partition coefficient (Wildman–Crippen LogP) is 3.08. The molecule has 0 atom stereocenters. The van der Waals surface area contributed by atoms with Crippen LogP contribution in [0.1, 0.15) is 53.6 Å².